The fourth-order valence-corrected chi connectivity index (χ4v) is 4.00. The van der Waals surface area contributed by atoms with Crippen molar-refractivity contribution in [1.82, 2.24) is 9.80 Å². The van der Waals surface area contributed by atoms with E-state index in [0.717, 1.165) is 17.7 Å². The van der Waals surface area contributed by atoms with Gasteiger partial charge in [-0.2, -0.15) is 0 Å². The Morgan fingerprint density at radius 1 is 0.897 bits per heavy atom. The Morgan fingerprint density at radius 2 is 1.48 bits per heavy atom. The maximum absolute atomic E-state index is 13.1. The van der Waals surface area contributed by atoms with Crippen LogP contribution in [0.2, 0.25) is 0 Å². The number of piperazine rings is 1. The first-order valence-corrected chi connectivity index (χ1v) is 10.0. The second-order valence-corrected chi connectivity index (χ2v) is 8.06. The number of carbonyl (C=O) groups excluding carboxylic acids is 2. The monoisotopic (exact) mass is 395 g/mol. The van der Waals surface area contributed by atoms with Crippen LogP contribution in [0, 0.1) is 11.7 Å². The number of rotatable bonds is 4. The van der Waals surface area contributed by atoms with Crippen molar-refractivity contribution in [2.24, 2.45) is 5.92 Å². The molecule has 2 aliphatic rings. The Kier molecular flexibility index (Phi) is 5.26. The molecule has 2 aromatic carbocycles. The molecule has 2 aromatic rings. The first kappa shape index (κ1) is 19.4. The molecule has 2 amide bonds. The summed E-state index contributed by atoms with van der Waals surface area (Å²) in [6.07, 6.45) is 0.821. The molecular weight excluding hydrogens is 369 g/mol. The number of anilines is 1. The number of carbonyl (C=O) groups is 2. The van der Waals surface area contributed by atoms with E-state index < -0.39 is 0 Å². The van der Waals surface area contributed by atoms with Gasteiger partial charge >= 0.3 is 0 Å². The number of hydrogen-bond donors (Lipinski definition) is 0. The van der Waals surface area contributed by atoms with E-state index in [-0.39, 0.29) is 29.5 Å². The van der Waals surface area contributed by atoms with Gasteiger partial charge < -0.3 is 14.7 Å². The van der Waals surface area contributed by atoms with Crippen molar-refractivity contribution in [2.75, 3.05) is 45.2 Å². The van der Waals surface area contributed by atoms with Crippen LogP contribution < -0.4 is 4.90 Å². The van der Waals surface area contributed by atoms with Gasteiger partial charge in [-0.1, -0.05) is 12.1 Å². The Hall–Kier alpha value is -2.89. The summed E-state index contributed by atoms with van der Waals surface area (Å²) in [7, 11) is 3.93. The predicted molar refractivity (Wildman–Crippen MR) is 111 cm³/mol. The lowest BCUT2D eigenvalue weighted by Gasteiger charge is -2.35. The number of amides is 2. The predicted octanol–water partition coefficient (Wildman–Crippen LogP) is 2.98. The Bertz CT molecular complexity index is 887. The third-order valence-electron chi connectivity index (χ3n) is 5.92. The molecule has 0 aromatic heterocycles. The molecule has 1 aliphatic heterocycles. The summed E-state index contributed by atoms with van der Waals surface area (Å²) in [5, 5.41) is 0. The first-order valence-electron chi connectivity index (χ1n) is 10.0. The van der Waals surface area contributed by atoms with Crippen LogP contribution in [0.5, 0.6) is 0 Å². The van der Waals surface area contributed by atoms with Crippen molar-refractivity contribution >= 4 is 17.5 Å². The Labute approximate surface area is 170 Å². The standard InChI is InChI=1S/C23H26FN3O2/c1-25(2)19-9-5-17(6-10-19)22(28)26-11-13-27(14-12-26)23(29)21-15-20(21)16-3-7-18(24)8-4-16/h3-10,20-21H,11-15H2,1-2H3. The van der Waals surface area contributed by atoms with Gasteiger partial charge in [0.15, 0.2) is 0 Å². The van der Waals surface area contributed by atoms with Gasteiger partial charge in [0.25, 0.3) is 5.91 Å². The van der Waals surface area contributed by atoms with Gasteiger partial charge in [-0.25, -0.2) is 4.39 Å². The van der Waals surface area contributed by atoms with Crippen LogP contribution in [0.4, 0.5) is 10.1 Å². The summed E-state index contributed by atoms with van der Waals surface area (Å²) in [6.45, 7) is 2.22. The molecule has 2 atom stereocenters. The zero-order chi connectivity index (χ0) is 20.5. The molecule has 5 nitrogen and oxygen atoms in total. The summed E-state index contributed by atoms with van der Waals surface area (Å²) < 4.78 is 13.1. The van der Waals surface area contributed by atoms with E-state index in [4.69, 9.17) is 0 Å². The van der Waals surface area contributed by atoms with Crippen LogP contribution in [-0.4, -0.2) is 61.9 Å². The fraction of sp³-hybridized carbons (Fsp3) is 0.391. The second-order valence-electron chi connectivity index (χ2n) is 8.06. The largest absolute Gasteiger partial charge is 0.378 e. The van der Waals surface area contributed by atoms with Gasteiger partial charge in [-0.05, 0) is 54.3 Å². The van der Waals surface area contributed by atoms with Crippen molar-refractivity contribution in [1.29, 1.82) is 0 Å². The Morgan fingerprint density at radius 3 is 2.07 bits per heavy atom. The summed E-state index contributed by atoms with van der Waals surface area (Å²) in [5.41, 5.74) is 2.76. The Balaban J connectivity index is 1.30. The highest BCUT2D eigenvalue weighted by Gasteiger charge is 2.46. The molecule has 1 saturated heterocycles. The maximum Gasteiger partial charge on any atom is 0.253 e. The van der Waals surface area contributed by atoms with Crippen molar-refractivity contribution in [3.63, 3.8) is 0 Å². The van der Waals surface area contributed by atoms with Crippen LogP contribution in [0.15, 0.2) is 48.5 Å². The molecule has 0 spiro atoms. The number of nitrogens with zero attached hydrogens (tertiary/aromatic N) is 3. The molecule has 4 rings (SSSR count). The zero-order valence-electron chi connectivity index (χ0n) is 16.8. The van der Waals surface area contributed by atoms with Crippen molar-refractivity contribution in [3.8, 4) is 0 Å². The lowest BCUT2D eigenvalue weighted by atomic mass is 10.1. The second kappa shape index (κ2) is 7.85. The number of benzene rings is 2. The van der Waals surface area contributed by atoms with Crippen LogP contribution in [0.25, 0.3) is 0 Å². The van der Waals surface area contributed by atoms with Gasteiger partial charge in [-0.15, -0.1) is 0 Å². The SMILES string of the molecule is CN(C)c1ccc(C(=O)N2CCN(C(=O)C3CC3c3ccc(F)cc3)CC2)cc1. The van der Waals surface area contributed by atoms with Crippen LogP contribution in [0.3, 0.4) is 0 Å². The molecule has 2 fully saturated rings. The molecular formula is C23H26FN3O2. The maximum atomic E-state index is 13.1. The normalized spacial score (nSPS) is 21.1. The highest BCUT2D eigenvalue weighted by Crippen LogP contribution is 2.48. The molecule has 6 heteroatoms. The van der Waals surface area contributed by atoms with E-state index in [2.05, 4.69) is 0 Å². The molecule has 0 N–H and O–H groups in total. The van der Waals surface area contributed by atoms with E-state index in [1.165, 1.54) is 12.1 Å². The summed E-state index contributed by atoms with van der Waals surface area (Å²) in [5.74, 6) is 0.0912. The van der Waals surface area contributed by atoms with Crippen LogP contribution >= 0.6 is 0 Å². The fourth-order valence-electron chi connectivity index (χ4n) is 4.00. The molecule has 152 valence electrons. The van der Waals surface area contributed by atoms with Crippen molar-refractivity contribution in [3.05, 3.63) is 65.5 Å². The van der Waals surface area contributed by atoms with Crippen LogP contribution in [-0.2, 0) is 4.79 Å². The number of halogens is 1. The van der Waals surface area contributed by atoms with Crippen molar-refractivity contribution in [2.45, 2.75) is 12.3 Å². The highest BCUT2D eigenvalue weighted by atomic mass is 19.1. The van der Waals surface area contributed by atoms with E-state index in [1.807, 2.05) is 53.1 Å². The van der Waals surface area contributed by atoms with E-state index in [0.29, 0.717) is 31.7 Å². The molecule has 1 saturated carbocycles. The lowest BCUT2D eigenvalue weighted by Crippen LogP contribution is -2.51. The highest BCUT2D eigenvalue weighted by molar-refractivity contribution is 5.94. The molecule has 1 aliphatic carbocycles. The topological polar surface area (TPSA) is 43.9 Å². The third kappa shape index (κ3) is 4.11. The summed E-state index contributed by atoms with van der Waals surface area (Å²) >= 11 is 0. The summed E-state index contributed by atoms with van der Waals surface area (Å²) in [4.78, 5) is 31.2. The van der Waals surface area contributed by atoms with Gasteiger partial charge in [0.2, 0.25) is 5.91 Å². The molecule has 2 unspecified atom stereocenters. The molecule has 0 radical (unpaired) electrons. The lowest BCUT2D eigenvalue weighted by molar-refractivity contribution is -0.134. The van der Waals surface area contributed by atoms with E-state index in [9.17, 15) is 14.0 Å². The molecule has 0 bridgehead atoms. The van der Waals surface area contributed by atoms with Gasteiger partial charge in [0, 0.05) is 57.4 Å². The zero-order valence-corrected chi connectivity index (χ0v) is 16.8. The minimum Gasteiger partial charge on any atom is -0.378 e. The van der Waals surface area contributed by atoms with Crippen LogP contribution in [0.1, 0.15) is 28.3 Å². The van der Waals surface area contributed by atoms with Gasteiger partial charge in [0.05, 0.1) is 0 Å². The first-order chi connectivity index (χ1) is 13.9. The van der Waals surface area contributed by atoms with E-state index in [1.54, 1.807) is 12.1 Å². The summed E-state index contributed by atoms with van der Waals surface area (Å²) in [6, 6.07) is 14.0. The smallest absolute Gasteiger partial charge is 0.253 e. The minimum atomic E-state index is -0.255. The van der Waals surface area contributed by atoms with Gasteiger partial charge in [0.1, 0.15) is 5.82 Å². The quantitative estimate of drug-likeness (QED) is 0.800. The average molecular weight is 395 g/mol. The average Bonchev–Trinajstić information content (AvgIpc) is 3.54. The molecule has 1 heterocycles. The van der Waals surface area contributed by atoms with E-state index >= 15 is 0 Å². The molecule has 29 heavy (non-hydrogen) atoms. The number of hydrogen-bond acceptors (Lipinski definition) is 3. The minimum absolute atomic E-state index is 0.0121. The third-order valence-corrected chi connectivity index (χ3v) is 5.92. The van der Waals surface area contributed by atoms with Crippen molar-refractivity contribution < 1.29 is 14.0 Å². The van der Waals surface area contributed by atoms with Gasteiger partial charge in [-0.3, -0.25) is 9.59 Å².